The average molecular weight is 351 g/mol. The summed E-state index contributed by atoms with van der Waals surface area (Å²) in [6.07, 6.45) is 0.966. The van der Waals surface area contributed by atoms with Gasteiger partial charge in [0.1, 0.15) is 0 Å². The number of rotatable bonds is 5. The number of halogens is 1. The van der Waals surface area contributed by atoms with Crippen LogP contribution in [0.4, 0.5) is 0 Å². The van der Waals surface area contributed by atoms with Gasteiger partial charge >= 0.3 is 0 Å². The normalized spacial score (nSPS) is 12.5. The first-order valence-electron chi connectivity index (χ1n) is 6.85. The van der Waals surface area contributed by atoms with Gasteiger partial charge in [-0.2, -0.15) is 0 Å². The highest BCUT2D eigenvalue weighted by molar-refractivity contribution is 7.99. The molecule has 0 spiro atoms. The van der Waals surface area contributed by atoms with Gasteiger partial charge in [0, 0.05) is 10.3 Å². The third-order valence-electron chi connectivity index (χ3n) is 3.27. The number of aromatic nitrogens is 3. The molecule has 0 aliphatic carbocycles. The Kier molecular flexibility index (Phi) is 4.71. The van der Waals surface area contributed by atoms with E-state index < -0.39 is 0 Å². The third kappa shape index (κ3) is 3.14. The number of hydrogen-bond acceptors (Lipinski definition) is 5. The zero-order chi connectivity index (χ0) is 15.5. The van der Waals surface area contributed by atoms with E-state index in [1.54, 1.807) is 27.8 Å². The predicted octanol–water partition coefficient (Wildman–Crippen LogP) is 4.62. The van der Waals surface area contributed by atoms with E-state index in [-0.39, 0.29) is 5.25 Å². The van der Waals surface area contributed by atoms with Crippen molar-refractivity contribution in [1.82, 2.24) is 14.9 Å². The van der Waals surface area contributed by atoms with Crippen LogP contribution in [-0.2, 0) is 0 Å². The maximum atomic E-state index is 6.16. The molecule has 0 bridgehead atoms. The number of thiophene rings is 1. The van der Waals surface area contributed by atoms with E-state index in [0.717, 1.165) is 16.3 Å². The molecule has 2 heterocycles. The van der Waals surface area contributed by atoms with Crippen LogP contribution >= 0.6 is 34.7 Å². The van der Waals surface area contributed by atoms with E-state index in [9.17, 15) is 0 Å². The van der Waals surface area contributed by atoms with Crippen molar-refractivity contribution < 1.29 is 0 Å². The summed E-state index contributed by atoms with van der Waals surface area (Å²) in [5.41, 5.74) is 1.21. The van der Waals surface area contributed by atoms with Gasteiger partial charge in [-0.15, -0.1) is 21.5 Å². The summed E-state index contributed by atoms with van der Waals surface area (Å²) in [6, 6.07) is 11.9. The van der Waals surface area contributed by atoms with Crippen LogP contribution in [0.3, 0.4) is 0 Å². The molecule has 0 aliphatic rings. The van der Waals surface area contributed by atoms with Crippen LogP contribution in [-0.4, -0.2) is 14.9 Å². The second kappa shape index (κ2) is 6.73. The molecular formula is C15H15ClN4S2. The largest absolute Gasteiger partial charge is 0.335 e. The molecule has 0 saturated carbocycles. The number of benzene rings is 1. The second-order valence-corrected chi connectivity index (χ2v) is 7.27. The fourth-order valence-corrected chi connectivity index (χ4v) is 3.96. The first-order valence-corrected chi connectivity index (χ1v) is 8.99. The Morgan fingerprint density at radius 3 is 2.68 bits per heavy atom. The van der Waals surface area contributed by atoms with E-state index in [2.05, 4.69) is 17.1 Å². The van der Waals surface area contributed by atoms with E-state index in [1.165, 1.54) is 5.56 Å². The highest BCUT2D eigenvalue weighted by atomic mass is 35.5. The molecule has 22 heavy (non-hydrogen) atoms. The lowest BCUT2D eigenvalue weighted by Crippen LogP contribution is -2.11. The van der Waals surface area contributed by atoms with Crippen LogP contribution in [0.15, 0.2) is 46.9 Å². The lowest BCUT2D eigenvalue weighted by atomic mass is 10.1. The molecule has 1 atom stereocenters. The summed E-state index contributed by atoms with van der Waals surface area (Å²) in [5.74, 6) is 6.85. The summed E-state index contributed by atoms with van der Waals surface area (Å²) in [5, 5.41) is 12.2. The Labute approximate surface area is 142 Å². The molecule has 0 fully saturated rings. The molecular weight excluding hydrogens is 336 g/mol. The summed E-state index contributed by atoms with van der Waals surface area (Å²) < 4.78 is 1.56. The van der Waals surface area contributed by atoms with E-state index in [4.69, 9.17) is 17.4 Å². The second-order valence-electron chi connectivity index (χ2n) is 4.72. The minimum absolute atomic E-state index is 0.264. The summed E-state index contributed by atoms with van der Waals surface area (Å²) >= 11 is 9.17. The van der Waals surface area contributed by atoms with Crippen molar-refractivity contribution in [1.29, 1.82) is 0 Å². The zero-order valence-electron chi connectivity index (χ0n) is 11.9. The number of nitrogens with two attached hydrogens (primary N) is 1. The fourth-order valence-electron chi connectivity index (χ4n) is 2.12. The van der Waals surface area contributed by atoms with Crippen LogP contribution in [0.5, 0.6) is 0 Å². The van der Waals surface area contributed by atoms with Crippen molar-refractivity contribution in [2.24, 2.45) is 0 Å². The summed E-state index contributed by atoms with van der Waals surface area (Å²) in [7, 11) is 0. The maximum Gasteiger partial charge on any atom is 0.210 e. The Morgan fingerprint density at radius 2 is 2.05 bits per heavy atom. The monoisotopic (exact) mass is 350 g/mol. The molecule has 2 aromatic heterocycles. The molecule has 7 heteroatoms. The summed E-state index contributed by atoms with van der Waals surface area (Å²) in [6.45, 7) is 2.14. The molecule has 0 amide bonds. The van der Waals surface area contributed by atoms with E-state index in [1.807, 2.05) is 41.8 Å². The van der Waals surface area contributed by atoms with Gasteiger partial charge in [0.2, 0.25) is 5.16 Å². The molecule has 0 aliphatic heterocycles. The van der Waals surface area contributed by atoms with Crippen molar-refractivity contribution in [3.05, 3.63) is 52.4 Å². The van der Waals surface area contributed by atoms with Crippen LogP contribution in [0.2, 0.25) is 5.02 Å². The van der Waals surface area contributed by atoms with Gasteiger partial charge in [-0.1, -0.05) is 48.5 Å². The molecule has 2 N–H and O–H groups in total. The molecule has 0 saturated heterocycles. The first kappa shape index (κ1) is 15.4. The molecule has 114 valence electrons. The van der Waals surface area contributed by atoms with Gasteiger partial charge < -0.3 is 5.84 Å². The number of thioether (sulfide) groups is 1. The van der Waals surface area contributed by atoms with E-state index in [0.29, 0.717) is 11.0 Å². The van der Waals surface area contributed by atoms with Crippen LogP contribution in [0.1, 0.15) is 24.2 Å². The summed E-state index contributed by atoms with van der Waals surface area (Å²) in [4.78, 5) is 1.02. The molecule has 0 radical (unpaired) electrons. The Hall–Kier alpha value is -1.50. The molecule has 1 aromatic carbocycles. The SMILES string of the molecule is CCC(Sc1nnc(-c2cccs2)n1N)c1ccc(Cl)cc1. The lowest BCUT2D eigenvalue weighted by molar-refractivity contribution is 0.826. The van der Waals surface area contributed by atoms with Gasteiger partial charge in [0.15, 0.2) is 5.82 Å². The number of nitrogens with zero attached hydrogens (tertiary/aromatic N) is 3. The van der Waals surface area contributed by atoms with Crippen molar-refractivity contribution in [2.45, 2.75) is 23.8 Å². The fraction of sp³-hybridized carbons (Fsp3) is 0.200. The molecule has 4 nitrogen and oxygen atoms in total. The highest BCUT2D eigenvalue weighted by Crippen LogP contribution is 2.37. The number of hydrogen-bond donors (Lipinski definition) is 1. The topological polar surface area (TPSA) is 56.7 Å². The van der Waals surface area contributed by atoms with Crippen molar-refractivity contribution >= 4 is 34.7 Å². The van der Waals surface area contributed by atoms with Crippen molar-refractivity contribution in [3.63, 3.8) is 0 Å². The standard InChI is InChI=1S/C15H15ClN4S2/c1-2-12(10-5-7-11(16)8-6-10)22-15-19-18-14(20(15)17)13-4-3-9-21-13/h3-9,12H,2,17H2,1H3. The van der Waals surface area contributed by atoms with Gasteiger partial charge in [-0.05, 0) is 35.6 Å². The Bertz CT molecular complexity index is 738. The van der Waals surface area contributed by atoms with Crippen molar-refractivity contribution in [2.75, 3.05) is 5.84 Å². The third-order valence-corrected chi connectivity index (χ3v) is 5.76. The number of nitrogen functional groups attached to an aromatic ring is 1. The highest BCUT2D eigenvalue weighted by Gasteiger charge is 2.18. The minimum atomic E-state index is 0.264. The predicted molar refractivity (Wildman–Crippen MR) is 93.8 cm³/mol. The van der Waals surface area contributed by atoms with Crippen LogP contribution in [0.25, 0.3) is 10.7 Å². The molecule has 3 rings (SSSR count). The zero-order valence-corrected chi connectivity index (χ0v) is 14.3. The van der Waals surface area contributed by atoms with Crippen molar-refractivity contribution in [3.8, 4) is 10.7 Å². The molecule has 3 aromatic rings. The smallest absolute Gasteiger partial charge is 0.210 e. The maximum absolute atomic E-state index is 6.16. The van der Waals surface area contributed by atoms with E-state index >= 15 is 0 Å². The van der Waals surface area contributed by atoms with Gasteiger partial charge in [0.25, 0.3) is 0 Å². The quantitative estimate of drug-likeness (QED) is 0.539. The lowest BCUT2D eigenvalue weighted by Gasteiger charge is -2.14. The van der Waals surface area contributed by atoms with Gasteiger partial charge in [-0.3, -0.25) is 0 Å². The Morgan fingerprint density at radius 1 is 1.27 bits per heavy atom. The molecule has 1 unspecified atom stereocenters. The minimum Gasteiger partial charge on any atom is -0.335 e. The van der Waals surface area contributed by atoms with Crippen LogP contribution in [0, 0.1) is 0 Å². The van der Waals surface area contributed by atoms with Crippen LogP contribution < -0.4 is 5.84 Å². The first-order chi connectivity index (χ1) is 10.7. The van der Waals surface area contributed by atoms with Gasteiger partial charge in [-0.25, -0.2) is 4.68 Å². The Balaban J connectivity index is 1.84. The average Bonchev–Trinajstić information content (AvgIpc) is 3.16. The van der Waals surface area contributed by atoms with Gasteiger partial charge in [0.05, 0.1) is 4.88 Å².